The smallest absolute Gasteiger partial charge is 0.134 e. The molecule has 1 N–H and O–H groups in total. The molecular formula is C21H24N2O2. The van der Waals surface area contributed by atoms with E-state index in [0.29, 0.717) is 0 Å². The van der Waals surface area contributed by atoms with Crippen molar-refractivity contribution in [2.75, 3.05) is 32.8 Å². The lowest BCUT2D eigenvalue weighted by Crippen LogP contribution is -2.41. The lowest BCUT2D eigenvalue weighted by molar-refractivity contribution is 0.0332. The maximum absolute atomic E-state index is 5.95. The number of para-hydroxylation sites is 1. The zero-order valence-corrected chi connectivity index (χ0v) is 14.4. The Morgan fingerprint density at radius 3 is 2.52 bits per heavy atom. The number of furan rings is 1. The Hall–Kier alpha value is -2.14. The number of benzene rings is 2. The molecule has 4 rings (SSSR count). The summed E-state index contributed by atoms with van der Waals surface area (Å²) in [5.41, 5.74) is 2.26. The van der Waals surface area contributed by atoms with Crippen LogP contribution in [0.2, 0.25) is 0 Å². The third kappa shape index (κ3) is 4.10. The molecule has 25 heavy (non-hydrogen) atoms. The zero-order valence-electron chi connectivity index (χ0n) is 14.4. The van der Waals surface area contributed by atoms with E-state index >= 15 is 0 Å². The molecule has 1 aliphatic heterocycles. The Morgan fingerprint density at radius 1 is 0.960 bits per heavy atom. The van der Waals surface area contributed by atoms with Crippen LogP contribution in [0.25, 0.3) is 11.0 Å². The molecule has 4 heteroatoms. The number of nitrogens with zero attached hydrogens (tertiary/aromatic N) is 1. The second-order valence-electron chi connectivity index (χ2n) is 6.51. The number of fused-ring (bicyclic) bond motifs is 1. The summed E-state index contributed by atoms with van der Waals surface area (Å²) in [7, 11) is 0. The molecule has 3 aromatic rings. The molecule has 130 valence electrons. The van der Waals surface area contributed by atoms with Crippen molar-refractivity contribution >= 4 is 11.0 Å². The molecule has 1 unspecified atom stereocenters. The molecule has 4 nitrogen and oxygen atoms in total. The summed E-state index contributed by atoms with van der Waals surface area (Å²) in [4.78, 5) is 2.47. The van der Waals surface area contributed by atoms with Gasteiger partial charge in [-0.05, 0) is 17.7 Å². The number of nitrogens with one attached hydrogen (secondary N) is 1. The molecule has 0 saturated carbocycles. The predicted octanol–water partition coefficient (Wildman–Crippen LogP) is 3.60. The second-order valence-corrected chi connectivity index (χ2v) is 6.51. The summed E-state index contributed by atoms with van der Waals surface area (Å²) >= 11 is 0. The maximum Gasteiger partial charge on any atom is 0.134 e. The van der Waals surface area contributed by atoms with Gasteiger partial charge in [-0.15, -0.1) is 0 Å². The number of ether oxygens (including phenoxy) is 1. The standard InChI is InChI=1S/C21H24N2O2/c1-2-6-17(7-3-1)20(16-23-10-12-24-13-11-23)22-15-19-14-18-8-4-5-9-21(18)25-19/h1-9,14,20,22H,10-13,15-16H2. The fourth-order valence-corrected chi connectivity index (χ4v) is 3.36. The SMILES string of the molecule is c1ccc(C(CN2CCOCC2)NCc2cc3ccccc3o2)cc1. The molecule has 1 saturated heterocycles. The minimum atomic E-state index is 0.271. The zero-order chi connectivity index (χ0) is 16.9. The van der Waals surface area contributed by atoms with E-state index in [1.807, 2.05) is 18.2 Å². The van der Waals surface area contributed by atoms with Gasteiger partial charge in [-0.3, -0.25) is 4.90 Å². The summed E-state index contributed by atoms with van der Waals surface area (Å²) in [6.07, 6.45) is 0. The van der Waals surface area contributed by atoms with Gasteiger partial charge in [0.15, 0.2) is 0 Å². The topological polar surface area (TPSA) is 37.6 Å². The Kier molecular flexibility index (Phi) is 5.11. The van der Waals surface area contributed by atoms with Crippen molar-refractivity contribution in [1.29, 1.82) is 0 Å². The molecule has 2 heterocycles. The summed E-state index contributed by atoms with van der Waals surface area (Å²) in [5, 5.41) is 4.84. The Balaban J connectivity index is 1.47. The van der Waals surface area contributed by atoms with Crippen LogP contribution in [-0.4, -0.2) is 37.7 Å². The fraction of sp³-hybridized carbons (Fsp3) is 0.333. The number of morpholine rings is 1. The van der Waals surface area contributed by atoms with Gasteiger partial charge in [-0.25, -0.2) is 0 Å². The van der Waals surface area contributed by atoms with Crippen molar-refractivity contribution in [1.82, 2.24) is 10.2 Å². The minimum Gasteiger partial charge on any atom is -0.460 e. The van der Waals surface area contributed by atoms with E-state index in [9.17, 15) is 0 Å². The molecule has 2 aromatic carbocycles. The van der Waals surface area contributed by atoms with Gasteiger partial charge in [-0.2, -0.15) is 0 Å². The maximum atomic E-state index is 5.95. The van der Waals surface area contributed by atoms with Crippen molar-refractivity contribution in [3.63, 3.8) is 0 Å². The Labute approximate surface area is 148 Å². The van der Waals surface area contributed by atoms with Crippen molar-refractivity contribution in [2.24, 2.45) is 0 Å². The molecule has 1 atom stereocenters. The molecule has 1 aromatic heterocycles. The van der Waals surface area contributed by atoms with Gasteiger partial charge < -0.3 is 14.5 Å². The third-order valence-electron chi connectivity index (χ3n) is 4.75. The number of hydrogen-bond acceptors (Lipinski definition) is 4. The highest BCUT2D eigenvalue weighted by molar-refractivity contribution is 5.77. The van der Waals surface area contributed by atoms with Gasteiger partial charge in [0.05, 0.1) is 19.8 Å². The van der Waals surface area contributed by atoms with Crippen LogP contribution in [-0.2, 0) is 11.3 Å². The van der Waals surface area contributed by atoms with E-state index in [0.717, 1.165) is 56.1 Å². The summed E-state index contributed by atoms with van der Waals surface area (Å²) in [6.45, 7) is 5.34. The average Bonchev–Trinajstić information content (AvgIpc) is 3.09. The fourth-order valence-electron chi connectivity index (χ4n) is 3.36. The lowest BCUT2D eigenvalue weighted by atomic mass is 10.1. The first-order valence-electron chi connectivity index (χ1n) is 8.94. The van der Waals surface area contributed by atoms with Crippen LogP contribution in [0, 0.1) is 0 Å². The largest absolute Gasteiger partial charge is 0.460 e. The van der Waals surface area contributed by atoms with Gasteiger partial charge in [0, 0.05) is 31.1 Å². The number of rotatable bonds is 6. The summed E-state index contributed by atoms with van der Waals surface area (Å²) in [6, 6.07) is 21.2. The van der Waals surface area contributed by atoms with Crippen LogP contribution in [0.3, 0.4) is 0 Å². The van der Waals surface area contributed by atoms with Crippen molar-refractivity contribution < 1.29 is 9.15 Å². The monoisotopic (exact) mass is 336 g/mol. The van der Waals surface area contributed by atoms with E-state index in [4.69, 9.17) is 9.15 Å². The normalized spacial score (nSPS) is 17.0. The third-order valence-corrected chi connectivity index (χ3v) is 4.75. The van der Waals surface area contributed by atoms with Crippen LogP contribution in [0.1, 0.15) is 17.4 Å². The van der Waals surface area contributed by atoms with Crippen molar-refractivity contribution in [2.45, 2.75) is 12.6 Å². The van der Waals surface area contributed by atoms with Crippen LogP contribution >= 0.6 is 0 Å². The first kappa shape index (κ1) is 16.3. The molecular weight excluding hydrogens is 312 g/mol. The minimum absolute atomic E-state index is 0.271. The Bertz CT molecular complexity index is 761. The van der Waals surface area contributed by atoms with E-state index < -0.39 is 0 Å². The highest BCUT2D eigenvalue weighted by atomic mass is 16.5. The van der Waals surface area contributed by atoms with Gasteiger partial charge >= 0.3 is 0 Å². The van der Waals surface area contributed by atoms with Gasteiger partial charge in [0.1, 0.15) is 11.3 Å². The molecule has 0 aliphatic carbocycles. The first-order valence-corrected chi connectivity index (χ1v) is 8.94. The molecule has 0 amide bonds. The lowest BCUT2D eigenvalue weighted by Gasteiger charge is -2.31. The van der Waals surface area contributed by atoms with Gasteiger partial charge in [0.25, 0.3) is 0 Å². The molecule has 1 fully saturated rings. The molecule has 0 radical (unpaired) electrons. The second kappa shape index (κ2) is 7.83. The average molecular weight is 336 g/mol. The highest BCUT2D eigenvalue weighted by Gasteiger charge is 2.18. The quantitative estimate of drug-likeness (QED) is 0.746. The summed E-state index contributed by atoms with van der Waals surface area (Å²) in [5.74, 6) is 0.976. The van der Waals surface area contributed by atoms with Crippen LogP contribution in [0.5, 0.6) is 0 Å². The molecule has 0 bridgehead atoms. The van der Waals surface area contributed by atoms with E-state index in [1.54, 1.807) is 0 Å². The summed E-state index contributed by atoms with van der Waals surface area (Å²) < 4.78 is 11.4. The Morgan fingerprint density at radius 2 is 1.72 bits per heavy atom. The first-order chi connectivity index (χ1) is 12.4. The van der Waals surface area contributed by atoms with E-state index in [1.165, 1.54) is 5.56 Å². The molecule has 0 spiro atoms. The van der Waals surface area contributed by atoms with E-state index in [2.05, 4.69) is 52.7 Å². The van der Waals surface area contributed by atoms with Gasteiger partial charge in [-0.1, -0.05) is 48.5 Å². The predicted molar refractivity (Wildman–Crippen MR) is 99.5 cm³/mol. The highest BCUT2D eigenvalue weighted by Crippen LogP contribution is 2.20. The molecule has 1 aliphatic rings. The number of hydrogen-bond donors (Lipinski definition) is 1. The van der Waals surface area contributed by atoms with Crippen molar-refractivity contribution in [3.05, 3.63) is 72.0 Å². The van der Waals surface area contributed by atoms with E-state index in [-0.39, 0.29) is 6.04 Å². The van der Waals surface area contributed by atoms with Crippen LogP contribution in [0.4, 0.5) is 0 Å². The van der Waals surface area contributed by atoms with Crippen LogP contribution < -0.4 is 5.32 Å². The van der Waals surface area contributed by atoms with Gasteiger partial charge in [0.2, 0.25) is 0 Å². The van der Waals surface area contributed by atoms with Crippen molar-refractivity contribution in [3.8, 4) is 0 Å². The van der Waals surface area contributed by atoms with Crippen LogP contribution in [0.15, 0.2) is 65.1 Å².